The summed E-state index contributed by atoms with van der Waals surface area (Å²) in [6.07, 6.45) is -5.06. The highest BCUT2D eigenvalue weighted by molar-refractivity contribution is 5.84. The average Bonchev–Trinajstić information content (AvgIpc) is 2.70. The second kappa shape index (κ2) is 3.96. The van der Waals surface area contributed by atoms with Crippen molar-refractivity contribution >= 4 is 17.3 Å². The van der Waals surface area contributed by atoms with Gasteiger partial charge in [-0.05, 0) is 6.07 Å². The summed E-state index contributed by atoms with van der Waals surface area (Å²) >= 11 is 0. The van der Waals surface area contributed by atoms with Crippen molar-refractivity contribution in [2.24, 2.45) is 0 Å². The largest absolute Gasteiger partial charge is 0.336 e. The molecule has 0 amide bonds. The number of nitrogens with zero attached hydrogens (tertiary/aromatic N) is 1. The molecule has 16 heavy (non-hydrogen) atoms. The first-order valence-electron chi connectivity index (χ1n) is 4.49. The molecule has 2 aromatic rings. The molecule has 1 aromatic carbocycles. The Hall–Kier alpha value is -1.85. The lowest BCUT2D eigenvalue weighted by Crippen LogP contribution is -2.03. The molecule has 1 aromatic heterocycles. The van der Waals surface area contributed by atoms with E-state index in [1.165, 1.54) is 18.2 Å². The van der Waals surface area contributed by atoms with Crippen LogP contribution in [0, 0.1) is 0 Å². The number of benzene rings is 1. The van der Waals surface area contributed by atoms with Gasteiger partial charge in [0.15, 0.2) is 18.3 Å². The van der Waals surface area contributed by atoms with Crippen molar-refractivity contribution in [2.75, 3.05) is 0 Å². The summed E-state index contributed by atoms with van der Waals surface area (Å²) in [5, 5.41) is 0. The number of carbonyl (C=O) groups excluding carboxylic acids is 1. The van der Waals surface area contributed by atoms with Crippen molar-refractivity contribution in [1.29, 1.82) is 0 Å². The zero-order valence-electron chi connectivity index (χ0n) is 7.95. The van der Waals surface area contributed by atoms with Crippen LogP contribution in [0.5, 0.6) is 0 Å². The van der Waals surface area contributed by atoms with Crippen molar-refractivity contribution in [3.8, 4) is 0 Å². The number of aromatic amines is 1. The van der Waals surface area contributed by atoms with Crippen LogP contribution in [0.15, 0.2) is 18.2 Å². The van der Waals surface area contributed by atoms with Crippen molar-refractivity contribution in [2.45, 2.75) is 12.6 Å². The van der Waals surface area contributed by atoms with E-state index >= 15 is 0 Å². The number of H-pyrrole nitrogens is 1. The van der Waals surface area contributed by atoms with E-state index in [9.17, 15) is 18.0 Å². The number of rotatable bonds is 3. The van der Waals surface area contributed by atoms with E-state index in [0.29, 0.717) is 11.8 Å². The zero-order chi connectivity index (χ0) is 11.7. The molecule has 1 atom stereocenters. The molecule has 0 bridgehead atoms. The molecule has 2 rings (SSSR count). The van der Waals surface area contributed by atoms with E-state index in [1.54, 1.807) is 0 Å². The first-order valence-corrected chi connectivity index (χ1v) is 4.49. The molecule has 0 spiro atoms. The predicted octanol–water partition coefficient (Wildman–Crippen LogP) is 2.65. The molecule has 1 unspecified atom stereocenters. The molecule has 1 heterocycles. The van der Waals surface area contributed by atoms with Gasteiger partial charge in [0, 0.05) is 5.56 Å². The molecule has 0 aliphatic heterocycles. The number of fused-ring (bicyclic) bond motifs is 1. The highest BCUT2D eigenvalue weighted by atomic mass is 19.3. The van der Waals surface area contributed by atoms with Crippen LogP contribution in [0.25, 0.3) is 11.0 Å². The number of para-hydroxylation sites is 1. The Balaban J connectivity index is 2.60. The number of nitrogens with one attached hydrogen (secondary N) is 1. The minimum absolute atomic E-state index is 0.0103. The monoisotopic (exact) mass is 228 g/mol. The Labute approximate surface area is 88.3 Å². The molecule has 1 N–H and O–H groups in total. The smallest absolute Gasteiger partial charge is 0.273 e. The molecule has 0 aliphatic rings. The summed E-state index contributed by atoms with van der Waals surface area (Å²) in [4.78, 5) is 16.8. The maximum absolute atomic E-state index is 13.2. The van der Waals surface area contributed by atoms with Gasteiger partial charge in [0.05, 0.1) is 11.0 Å². The van der Waals surface area contributed by atoms with Gasteiger partial charge in [-0.25, -0.2) is 18.2 Å². The molecule has 0 aliphatic carbocycles. The number of hydrogen-bond acceptors (Lipinski definition) is 2. The predicted molar refractivity (Wildman–Crippen MR) is 51.3 cm³/mol. The Morgan fingerprint density at radius 2 is 2.06 bits per heavy atom. The molecule has 0 saturated heterocycles. The lowest BCUT2D eigenvalue weighted by Gasteiger charge is -2.07. The normalized spacial score (nSPS) is 13.2. The second-order valence-corrected chi connectivity index (χ2v) is 3.22. The number of halogens is 3. The number of hydrogen-bond donors (Lipinski definition) is 1. The molecule has 0 fully saturated rings. The summed E-state index contributed by atoms with van der Waals surface area (Å²) in [6.45, 7) is 0. The zero-order valence-corrected chi connectivity index (χ0v) is 7.95. The second-order valence-electron chi connectivity index (χ2n) is 3.22. The van der Waals surface area contributed by atoms with Gasteiger partial charge >= 0.3 is 0 Å². The first-order chi connectivity index (χ1) is 7.63. The number of carbonyl (C=O) groups is 1. The number of imidazole rings is 1. The summed E-state index contributed by atoms with van der Waals surface area (Å²) < 4.78 is 37.7. The van der Waals surface area contributed by atoms with Crippen molar-refractivity contribution in [1.82, 2.24) is 9.97 Å². The van der Waals surface area contributed by atoms with E-state index in [2.05, 4.69) is 9.97 Å². The summed E-state index contributed by atoms with van der Waals surface area (Å²) in [7, 11) is 0. The van der Waals surface area contributed by atoms with E-state index in [1.807, 2.05) is 0 Å². The third-order valence-electron chi connectivity index (χ3n) is 2.19. The molecule has 0 radical (unpaired) electrons. The molecule has 6 heteroatoms. The van der Waals surface area contributed by atoms with E-state index < -0.39 is 12.6 Å². The number of aldehydes is 1. The topological polar surface area (TPSA) is 45.8 Å². The third-order valence-corrected chi connectivity index (χ3v) is 2.19. The maximum atomic E-state index is 13.2. The van der Waals surface area contributed by atoms with Gasteiger partial charge < -0.3 is 4.98 Å². The number of alkyl halides is 3. The SMILES string of the molecule is O=Cc1nc2c(C(F)C(F)F)cccc2[nH]1. The molecule has 84 valence electrons. The minimum Gasteiger partial charge on any atom is -0.336 e. The summed E-state index contributed by atoms with van der Waals surface area (Å²) in [5.74, 6) is -0.0103. The molecular weight excluding hydrogens is 221 g/mol. The van der Waals surface area contributed by atoms with Crippen molar-refractivity contribution in [3.63, 3.8) is 0 Å². The fourth-order valence-corrected chi connectivity index (χ4v) is 1.49. The van der Waals surface area contributed by atoms with Crippen molar-refractivity contribution < 1.29 is 18.0 Å². The Morgan fingerprint density at radius 1 is 1.31 bits per heavy atom. The van der Waals surface area contributed by atoms with Crippen LogP contribution in [0.2, 0.25) is 0 Å². The maximum Gasteiger partial charge on any atom is 0.273 e. The highest BCUT2D eigenvalue weighted by Crippen LogP contribution is 2.29. The summed E-state index contributed by atoms with van der Waals surface area (Å²) in [5.41, 5.74) is 0.220. The van der Waals surface area contributed by atoms with Crippen LogP contribution in [0.4, 0.5) is 13.2 Å². The van der Waals surface area contributed by atoms with Gasteiger partial charge in [-0.2, -0.15) is 0 Å². The average molecular weight is 228 g/mol. The van der Waals surface area contributed by atoms with Crippen LogP contribution in [-0.4, -0.2) is 22.7 Å². The molecule has 0 saturated carbocycles. The first kappa shape index (κ1) is 10.7. The van der Waals surface area contributed by atoms with Gasteiger partial charge in [-0.1, -0.05) is 12.1 Å². The van der Waals surface area contributed by atoms with E-state index in [-0.39, 0.29) is 16.9 Å². The quantitative estimate of drug-likeness (QED) is 0.821. The van der Waals surface area contributed by atoms with Gasteiger partial charge in [-0.3, -0.25) is 4.79 Å². The minimum atomic E-state index is -3.11. The third kappa shape index (κ3) is 1.66. The van der Waals surface area contributed by atoms with Gasteiger partial charge in [0.25, 0.3) is 6.43 Å². The van der Waals surface area contributed by atoms with Crippen LogP contribution in [0.3, 0.4) is 0 Å². The number of aromatic nitrogens is 2. The fraction of sp³-hybridized carbons (Fsp3) is 0.200. The van der Waals surface area contributed by atoms with Crippen molar-refractivity contribution in [3.05, 3.63) is 29.6 Å². The van der Waals surface area contributed by atoms with E-state index in [4.69, 9.17) is 0 Å². The lowest BCUT2D eigenvalue weighted by molar-refractivity contribution is 0.0502. The van der Waals surface area contributed by atoms with E-state index in [0.717, 1.165) is 0 Å². The standard InChI is InChI=1S/C10H7F3N2O/c11-8(10(12)13)5-2-1-3-6-9(5)15-7(4-16)14-6/h1-4,8,10H,(H,14,15). The Bertz CT molecular complexity index is 524. The molecular formula is C10H7F3N2O. The van der Waals surface area contributed by atoms with Gasteiger partial charge in [-0.15, -0.1) is 0 Å². The van der Waals surface area contributed by atoms with Gasteiger partial charge in [0.2, 0.25) is 0 Å². The van der Waals surface area contributed by atoms with Crippen LogP contribution in [-0.2, 0) is 0 Å². The lowest BCUT2D eigenvalue weighted by atomic mass is 10.1. The molecule has 3 nitrogen and oxygen atoms in total. The highest BCUT2D eigenvalue weighted by Gasteiger charge is 2.24. The van der Waals surface area contributed by atoms with Crippen LogP contribution in [0.1, 0.15) is 22.4 Å². The Morgan fingerprint density at radius 3 is 2.69 bits per heavy atom. The fourth-order valence-electron chi connectivity index (χ4n) is 1.49. The summed E-state index contributed by atoms with van der Waals surface area (Å²) in [6, 6.07) is 4.20. The Kier molecular flexibility index (Phi) is 2.64. The van der Waals surface area contributed by atoms with Gasteiger partial charge in [0.1, 0.15) is 0 Å². The van der Waals surface area contributed by atoms with Crippen LogP contribution >= 0.6 is 0 Å². The van der Waals surface area contributed by atoms with Crippen LogP contribution < -0.4 is 0 Å².